The first-order chi connectivity index (χ1) is 12.2. The van der Waals surface area contributed by atoms with Crippen LogP contribution in [0, 0.1) is 0 Å². The summed E-state index contributed by atoms with van der Waals surface area (Å²) in [5.74, 6) is 0. The fourth-order valence-electron chi connectivity index (χ4n) is 3.83. The minimum atomic E-state index is -2.55. The Labute approximate surface area is 155 Å². The van der Waals surface area contributed by atoms with Crippen molar-refractivity contribution in [1.82, 2.24) is 14.7 Å². The van der Waals surface area contributed by atoms with E-state index < -0.39 is 8.80 Å². The fourth-order valence-corrected chi connectivity index (χ4v) is 6.54. The van der Waals surface area contributed by atoms with Gasteiger partial charge in [0, 0.05) is 59.1 Å². The summed E-state index contributed by atoms with van der Waals surface area (Å²) in [6.07, 6.45) is 5.00. The number of rotatable bonds is 11. The number of nitrogens with zero attached hydrogens (tertiary/aromatic N) is 3. The SMILES string of the molecule is CCO[Si](CN1CCN(CCN2CCCCC2)CC1)(OCC)OCC. The van der Waals surface area contributed by atoms with Gasteiger partial charge in [0.1, 0.15) is 0 Å². The van der Waals surface area contributed by atoms with Crippen LogP contribution in [0.3, 0.4) is 0 Å². The Hall–Kier alpha value is -0.0231. The third-order valence-electron chi connectivity index (χ3n) is 5.16. The lowest BCUT2D eigenvalue weighted by Crippen LogP contribution is -2.59. The minimum Gasteiger partial charge on any atom is -0.373 e. The van der Waals surface area contributed by atoms with Gasteiger partial charge in [-0.15, -0.1) is 0 Å². The third kappa shape index (κ3) is 7.25. The number of piperazine rings is 1. The largest absolute Gasteiger partial charge is 0.515 e. The summed E-state index contributed by atoms with van der Waals surface area (Å²) >= 11 is 0. The topological polar surface area (TPSA) is 37.4 Å². The maximum absolute atomic E-state index is 6.00. The van der Waals surface area contributed by atoms with E-state index in [4.69, 9.17) is 13.3 Å². The van der Waals surface area contributed by atoms with Crippen molar-refractivity contribution in [2.75, 3.05) is 78.3 Å². The van der Waals surface area contributed by atoms with Crippen molar-refractivity contribution in [3.63, 3.8) is 0 Å². The normalized spacial score (nSPS) is 21.7. The third-order valence-corrected chi connectivity index (χ3v) is 8.18. The molecule has 0 aromatic heterocycles. The highest BCUT2D eigenvalue weighted by Gasteiger charge is 2.42. The van der Waals surface area contributed by atoms with Gasteiger partial charge in [-0.25, -0.2) is 0 Å². The first kappa shape index (κ1) is 21.3. The van der Waals surface area contributed by atoms with Gasteiger partial charge < -0.3 is 18.2 Å². The van der Waals surface area contributed by atoms with Crippen LogP contribution in [0.5, 0.6) is 0 Å². The van der Waals surface area contributed by atoms with Gasteiger partial charge in [-0.05, 0) is 46.7 Å². The number of likely N-dealkylation sites (tertiary alicyclic amines) is 1. The van der Waals surface area contributed by atoms with E-state index in [9.17, 15) is 0 Å². The predicted octanol–water partition coefficient (Wildman–Crippen LogP) is 1.68. The second-order valence-electron chi connectivity index (χ2n) is 7.00. The van der Waals surface area contributed by atoms with E-state index >= 15 is 0 Å². The van der Waals surface area contributed by atoms with Crippen LogP contribution in [0.15, 0.2) is 0 Å². The van der Waals surface area contributed by atoms with Crippen LogP contribution in [0.2, 0.25) is 0 Å². The molecule has 0 spiro atoms. The quantitative estimate of drug-likeness (QED) is 0.513. The maximum Gasteiger partial charge on any atom is 0.515 e. The molecular formula is C18H39N3O3Si. The van der Waals surface area contributed by atoms with Crippen molar-refractivity contribution in [1.29, 1.82) is 0 Å². The zero-order valence-electron chi connectivity index (χ0n) is 16.7. The highest BCUT2D eigenvalue weighted by molar-refractivity contribution is 6.60. The molecule has 0 aromatic carbocycles. The van der Waals surface area contributed by atoms with Crippen LogP contribution in [-0.4, -0.2) is 102 Å². The van der Waals surface area contributed by atoms with Crippen molar-refractivity contribution in [2.45, 2.75) is 40.0 Å². The zero-order chi connectivity index (χ0) is 18.0. The van der Waals surface area contributed by atoms with Gasteiger partial charge >= 0.3 is 8.80 Å². The number of hydrogen-bond acceptors (Lipinski definition) is 6. The Kier molecular flexibility index (Phi) is 9.91. The monoisotopic (exact) mass is 373 g/mol. The van der Waals surface area contributed by atoms with E-state index in [2.05, 4.69) is 14.7 Å². The van der Waals surface area contributed by atoms with Crippen molar-refractivity contribution < 1.29 is 13.3 Å². The molecule has 2 aliphatic heterocycles. The summed E-state index contributed by atoms with van der Waals surface area (Å²) in [6, 6.07) is 0. The average Bonchev–Trinajstić information content (AvgIpc) is 2.63. The molecule has 0 amide bonds. The van der Waals surface area contributed by atoms with Gasteiger partial charge in [-0.1, -0.05) is 6.42 Å². The van der Waals surface area contributed by atoms with Gasteiger partial charge in [0.05, 0.1) is 6.17 Å². The summed E-state index contributed by atoms with van der Waals surface area (Å²) in [5, 5.41) is 0. The van der Waals surface area contributed by atoms with Crippen LogP contribution < -0.4 is 0 Å². The highest BCUT2D eigenvalue weighted by Crippen LogP contribution is 2.15. The summed E-state index contributed by atoms with van der Waals surface area (Å²) in [7, 11) is -2.55. The van der Waals surface area contributed by atoms with E-state index in [1.165, 1.54) is 45.4 Å². The van der Waals surface area contributed by atoms with Crippen LogP contribution in [0.25, 0.3) is 0 Å². The molecule has 2 aliphatic rings. The molecule has 0 radical (unpaired) electrons. The Morgan fingerprint density at radius 2 is 1.04 bits per heavy atom. The maximum atomic E-state index is 6.00. The molecule has 2 fully saturated rings. The summed E-state index contributed by atoms with van der Waals surface area (Å²) < 4.78 is 18.0. The van der Waals surface area contributed by atoms with Gasteiger partial charge in [-0.2, -0.15) is 0 Å². The molecule has 0 bridgehead atoms. The van der Waals surface area contributed by atoms with E-state index in [1.807, 2.05) is 20.8 Å². The predicted molar refractivity (Wildman–Crippen MR) is 104 cm³/mol. The molecule has 0 aromatic rings. The standard InChI is InChI=1S/C18H39N3O3Si/c1-4-22-25(23-5-2,24-6-3)18-21-16-14-20(15-17-21)13-12-19-10-8-7-9-11-19/h4-18H2,1-3H3. The Bertz CT molecular complexity index is 331. The molecule has 2 saturated heterocycles. The molecular weight excluding hydrogens is 334 g/mol. The zero-order valence-corrected chi connectivity index (χ0v) is 17.7. The molecule has 6 nitrogen and oxygen atoms in total. The first-order valence-corrected chi connectivity index (χ1v) is 12.2. The first-order valence-electron chi connectivity index (χ1n) is 10.3. The summed E-state index contributed by atoms with van der Waals surface area (Å²) in [5.41, 5.74) is 0. The second kappa shape index (κ2) is 11.6. The average molecular weight is 374 g/mol. The van der Waals surface area contributed by atoms with Crippen molar-refractivity contribution in [3.05, 3.63) is 0 Å². The molecule has 7 heteroatoms. The molecule has 0 unspecified atom stereocenters. The Morgan fingerprint density at radius 1 is 0.600 bits per heavy atom. The van der Waals surface area contributed by atoms with Gasteiger partial charge in [-0.3, -0.25) is 9.80 Å². The van der Waals surface area contributed by atoms with Crippen LogP contribution in [0.1, 0.15) is 40.0 Å². The van der Waals surface area contributed by atoms with Crippen LogP contribution in [0.4, 0.5) is 0 Å². The van der Waals surface area contributed by atoms with Crippen molar-refractivity contribution in [2.24, 2.45) is 0 Å². The van der Waals surface area contributed by atoms with E-state index in [1.54, 1.807) is 0 Å². The second-order valence-corrected chi connectivity index (χ2v) is 9.55. The van der Waals surface area contributed by atoms with Gasteiger partial charge in [0.2, 0.25) is 0 Å². The molecule has 2 rings (SSSR count). The molecule has 25 heavy (non-hydrogen) atoms. The van der Waals surface area contributed by atoms with Gasteiger partial charge in [0.15, 0.2) is 0 Å². The number of hydrogen-bond donors (Lipinski definition) is 0. The number of piperidine rings is 1. The van der Waals surface area contributed by atoms with E-state index in [0.29, 0.717) is 19.8 Å². The molecule has 2 heterocycles. The minimum absolute atomic E-state index is 0.655. The molecule has 0 N–H and O–H groups in total. The Morgan fingerprint density at radius 3 is 1.52 bits per heavy atom. The van der Waals surface area contributed by atoms with Crippen molar-refractivity contribution >= 4 is 8.80 Å². The lowest BCUT2D eigenvalue weighted by atomic mass is 10.1. The molecule has 0 atom stereocenters. The summed E-state index contributed by atoms with van der Waals surface area (Å²) in [4.78, 5) is 7.72. The lowest BCUT2D eigenvalue weighted by Gasteiger charge is -2.39. The fraction of sp³-hybridized carbons (Fsp3) is 1.00. The van der Waals surface area contributed by atoms with E-state index in [0.717, 1.165) is 32.3 Å². The summed E-state index contributed by atoms with van der Waals surface area (Å²) in [6.45, 7) is 17.5. The van der Waals surface area contributed by atoms with Gasteiger partial charge in [0.25, 0.3) is 0 Å². The molecule has 148 valence electrons. The highest BCUT2D eigenvalue weighted by atomic mass is 28.4. The smallest absolute Gasteiger partial charge is 0.373 e. The Balaban J connectivity index is 1.73. The molecule has 0 aliphatic carbocycles. The van der Waals surface area contributed by atoms with Crippen molar-refractivity contribution in [3.8, 4) is 0 Å². The lowest BCUT2D eigenvalue weighted by molar-refractivity contribution is 0.0460. The van der Waals surface area contributed by atoms with Crippen LogP contribution >= 0.6 is 0 Å². The van der Waals surface area contributed by atoms with Crippen LogP contribution in [-0.2, 0) is 13.3 Å². The molecule has 0 saturated carbocycles. The van der Waals surface area contributed by atoms with E-state index in [-0.39, 0.29) is 0 Å².